The van der Waals surface area contributed by atoms with Gasteiger partial charge in [0.1, 0.15) is 11.2 Å². The summed E-state index contributed by atoms with van der Waals surface area (Å²) in [6.07, 6.45) is 4.38. The number of anilines is 1. The third-order valence-corrected chi connectivity index (χ3v) is 4.31. The summed E-state index contributed by atoms with van der Waals surface area (Å²) in [7, 11) is 0. The normalized spacial score (nSPS) is 15.4. The number of nitrogens with one attached hydrogen (secondary N) is 2. The molecule has 1 saturated carbocycles. The second kappa shape index (κ2) is 7.69. The molecule has 1 aliphatic carbocycles. The van der Waals surface area contributed by atoms with E-state index < -0.39 is 5.41 Å². The van der Waals surface area contributed by atoms with Crippen LogP contribution in [0, 0.1) is 5.41 Å². The van der Waals surface area contributed by atoms with Gasteiger partial charge in [-0.2, -0.15) is 0 Å². The van der Waals surface area contributed by atoms with Gasteiger partial charge in [0.15, 0.2) is 0 Å². The fraction of sp³-hybridized carbons (Fsp3) is 0.579. The van der Waals surface area contributed by atoms with Gasteiger partial charge in [-0.05, 0) is 64.8 Å². The van der Waals surface area contributed by atoms with E-state index in [0.717, 1.165) is 31.4 Å². The standard InChI is InChI=1S/C19H28N2O3/c1-13(2)24-16-11-9-15(10-12-16)21-18(23)19(3,4)17(22)20-14-7-5-6-8-14/h9-14H,5-8H2,1-4H3,(H,20,22)(H,21,23). The molecule has 0 atom stereocenters. The first-order chi connectivity index (χ1) is 11.3. The van der Waals surface area contributed by atoms with Gasteiger partial charge < -0.3 is 15.4 Å². The van der Waals surface area contributed by atoms with E-state index in [0.29, 0.717) is 5.69 Å². The van der Waals surface area contributed by atoms with E-state index in [4.69, 9.17) is 4.74 Å². The highest BCUT2D eigenvalue weighted by Crippen LogP contribution is 2.24. The first-order valence-electron chi connectivity index (χ1n) is 8.68. The summed E-state index contributed by atoms with van der Waals surface area (Å²) >= 11 is 0. The predicted molar refractivity (Wildman–Crippen MR) is 95.0 cm³/mol. The van der Waals surface area contributed by atoms with E-state index in [9.17, 15) is 9.59 Å². The van der Waals surface area contributed by atoms with Crippen LogP contribution in [0.15, 0.2) is 24.3 Å². The second-order valence-corrected chi connectivity index (χ2v) is 7.22. The summed E-state index contributed by atoms with van der Waals surface area (Å²) in [5.41, 5.74) is -0.465. The van der Waals surface area contributed by atoms with Gasteiger partial charge in [-0.1, -0.05) is 12.8 Å². The van der Waals surface area contributed by atoms with Crippen molar-refractivity contribution in [1.29, 1.82) is 0 Å². The molecule has 2 rings (SSSR count). The number of ether oxygens (including phenoxy) is 1. The molecule has 1 aromatic carbocycles. The van der Waals surface area contributed by atoms with Crippen molar-refractivity contribution < 1.29 is 14.3 Å². The summed E-state index contributed by atoms with van der Waals surface area (Å²) in [6.45, 7) is 7.23. The number of carbonyl (C=O) groups excluding carboxylic acids is 2. The Balaban J connectivity index is 1.95. The summed E-state index contributed by atoms with van der Waals surface area (Å²) < 4.78 is 5.58. The Hall–Kier alpha value is -2.04. The van der Waals surface area contributed by atoms with Crippen molar-refractivity contribution in [2.75, 3.05) is 5.32 Å². The lowest BCUT2D eigenvalue weighted by Crippen LogP contribution is -2.47. The van der Waals surface area contributed by atoms with Crippen LogP contribution in [-0.4, -0.2) is 24.0 Å². The van der Waals surface area contributed by atoms with Gasteiger partial charge in [0.05, 0.1) is 6.10 Å². The number of benzene rings is 1. The van der Waals surface area contributed by atoms with Crippen LogP contribution in [-0.2, 0) is 9.59 Å². The number of hydrogen-bond acceptors (Lipinski definition) is 3. The minimum Gasteiger partial charge on any atom is -0.491 e. The van der Waals surface area contributed by atoms with E-state index >= 15 is 0 Å². The fourth-order valence-electron chi connectivity index (χ4n) is 2.72. The number of carbonyl (C=O) groups is 2. The molecule has 0 unspecified atom stereocenters. The Labute approximate surface area is 144 Å². The number of amides is 2. The third kappa shape index (κ3) is 4.73. The van der Waals surface area contributed by atoms with Gasteiger partial charge >= 0.3 is 0 Å². The molecule has 1 fully saturated rings. The molecule has 1 aliphatic rings. The van der Waals surface area contributed by atoms with E-state index in [1.54, 1.807) is 38.1 Å². The largest absolute Gasteiger partial charge is 0.491 e. The van der Waals surface area contributed by atoms with Crippen LogP contribution < -0.4 is 15.4 Å². The Kier molecular flexibility index (Phi) is 5.86. The minimum atomic E-state index is -1.12. The molecule has 24 heavy (non-hydrogen) atoms. The van der Waals surface area contributed by atoms with Gasteiger partial charge in [0.25, 0.3) is 0 Å². The zero-order chi connectivity index (χ0) is 17.7. The average Bonchev–Trinajstić information content (AvgIpc) is 3.01. The van der Waals surface area contributed by atoms with E-state index in [1.165, 1.54) is 0 Å². The van der Waals surface area contributed by atoms with Crippen molar-refractivity contribution in [3.63, 3.8) is 0 Å². The molecular weight excluding hydrogens is 304 g/mol. The summed E-state index contributed by atoms with van der Waals surface area (Å²) in [5, 5.41) is 5.81. The summed E-state index contributed by atoms with van der Waals surface area (Å²) in [4.78, 5) is 24.9. The zero-order valence-corrected chi connectivity index (χ0v) is 15.0. The fourth-order valence-corrected chi connectivity index (χ4v) is 2.72. The molecule has 0 bridgehead atoms. The maximum absolute atomic E-state index is 12.5. The molecule has 0 aliphatic heterocycles. The first-order valence-corrected chi connectivity index (χ1v) is 8.68. The minimum absolute atomic E-state index is 0.101. The third-order valence-electron chi connectivity index (χ3n) is 4.31. The number of hydrogen-bond donors (Lipinski definition) is 2. The zero-order valence-electron chi connectivity index (χ0n) is 15.0. The van der Waals surface area contributed by atoms with Crippen molar-refractivity contribution in [1.82, 2.24) is 5.32 Å². The summed E-state index contributed by atoms with van der Waals surface area (Å²) in [6, 6.07) is 7.38. The molecule has 0 aromatic heterocycles. The van der Waals surface area contributed by atoms with Gasteiger partial charge in [-0.25, -0.2) is 0 Å². The van der Waals surface area contributed by atoms with Crippen molar-refractivity contribution in [2.24, 2.45) is 5.41 Å². The van der Waals surface area contributed by atoms with Gasteiger partial charge in [-0.3, -0.25) is 9.59 Å². The van der Waals surface area contributed by atoms with Crippen molar-refractivity contribution in [3.8, 4) is 5.75 Å². The molecule has 1 aromatic rings. The Morgan fingerprint density at radius 2 is 1.67 bits per heavy atom. The Morgan fingerprint density at radius 3 is 2.21 bits per heavy atom. The van der Waals surface area contributed by atoms with E-state index in [1.807, 2.05) is 13.8 Å². The van der Waals surface area contributed by atoms with Gasteiger partial charge in [-0.15, -0.1) is 0 Å². The van der Waals surface area contributed by atoms with Crippen LogP contribution >= 0.6 is 0 Å². The molecule has 0 heterocycles. The Bertz CT molecular complexity index is 573. The average molecular weight is 332 g/mol. The summed E-state index contributed by atoms with van der Waals surface area (Å²) in [5.74, 6) is 0.225. The van der Waals surface area contributed by atoms with Crippen LogP contribution in [0.3, 0.4) is 0 Å². The molecule has 5 heteroatoms. The smallest absolute Gasteiger partial charge is 0.239 e. The van der Waals surface area contributed by atoms with Crippen LogP contribution in [0.4, 0.5) is 5.69 Å². The molecule has 132 valence electrons. The molecule has 0 saturated heterocycles. The SMILES string of the molecule is CC(C)Oc1ccc(NC(=O)C(C)(C)C(=O)NC2CCCC2)cc1. The van der Waals surface area contributed by atoms with Gasteiger partial charge in [0, 0.05) is 11.7 Å². The predicted octanol–water partition coefficient (Wildman–Crippen LogP) is 3.50. The van der Waals surface area contributed by atoms with Crippen LogP contribution in [0.1, 0.15) is 53.4 Å². The molecular formula is C19H28N2O3. The first kappa shape index (κ1) is 18.3. The highest BCUT2D eigenvalue weighted by atomic mass is 16.5. The van der Waals surface area contributed by atoms with Crippen molar-refractivity contribution in [2.45, 2.75) is 65.5 Å². The van der Waals surface area contributed by atoms with E-state index in [2.05, 4.69) is 10.6 Å². The van der Waals surface area contributed by atoms with Crippen molar-refractivity contribution in [3.05, 3.63) is 24.3 Å². The Morgan fingerprint density at radius 1 is 1.08 bits per heavy atom. The maximum Gasteiger partial charge on any atom is 0.239 e. The van der Waals surface area contributed by atoms with Crippen LogP contribution in [0.5, 0.6) is 5.75 Å². The highest BCUT2D eigenvalue weighted by molar-refractivity contribution is 6.09. The van der Waals surface area contributed by atoms with Crippen molar-refractivity contribution >= 4 is 17.5 Å². The topological polar surface area (TPSA) is 67.4 Å². The monoisotopic (exact) mass is 332 g/mol. The molecule has 2 N–H and O–H groups in total. The lowest BCUT2D eigenvalue weighted by Gasteiger charge is -2.25. The van der Waals surface area contributed by atoms with Crippen LogP contribution in [0.25, 0.3) is 0 Å². The molecule has 2 amide bonds. The quantitative estimate of drug-likeness (QED) is 0.784. The molecule has 0 spiro atoms. The number of rotatable bonds is 6. The van der Waals surface area contributed by atoms with Crippen LogP contribution in [0.2, 0.25) is 0 Å². The molecule has 0 radical (unpaired) electrons. The van der Waals surface area contributed by atoms with E-state index in [-0.39, 0.29) is 24.0 Å². The lowest BCUT2D eigenvalue weighted by atomic mass is 9.90. The lowest BCUT2D eigenvalue weighted by molar-refractivity contribution is -0.138. The maximum atomic E-state index is 12.5. The second-order valence-electron chi connectivity index (χ2n) is 7.22. The molecule has 5 nitrogen and oxygen atoms in total. The highest BCUT2D eigenvalue weighted by Gasteiger charge is 2.37. The van der Waals surface area contributed by atoms with Gasteiger partial charge in [0.2, 0.25) is 11.8 Å².